The molecule has 0 radical (unpaired) electrons. The number of benzene rings is 2. The first kappa shape index (κ1) is 13.0. The summed E-state index contributed by atoms with van der Waals surface area (Å²) in [5.74, 6) is 0.939. The Balaban J connectivity index is 2.45. The van der Waals surface area contributed by atoms with Crippen molar-refractivity contribution in [1.82, 2.24) is 0 Å². The molecule has 0 aliphatic carbocycles. The number of methoxy groups -OCH3 is 2. The zero-order chi connectivity index (χ0) is 15.0. The van der Waals surface area contributed by atoms with E-state index in [9.17, 15) is 4.79 Å². The summed E-state index contributed by atoms with van der Waals surface area (Å²) in [6.45, 7) is 0. The molecule has 0 spiro atoms. The number of nitriles is 1. The van der Waals surface area contributed by atoms with Crippen LogP contribution >= 0.6 is 0 Å². The lowest BCUT2D eigenvalue weighted by atomic mass is 10.1. The highest BCUT2D eigenvalue weighted by atomic mass is 16.5. The van der Waals surface area contributed by atoms with Gasteiger partial charge in [0.1, 0.15) is 11.2 Å². The van der Waals surface area contributed by atoms with E-state index < -0.39 is 0 Å². The van der Waals surface area contributed by atoms with Crippen LogP contribution in [0.1, 0.15) is 5.56 Å². The molecule has 3 rings (SSSR count). The lowest BCUT2D eigenvalue weighted by molar-refractivity contribution is 0.355. The Labute approximate surface area is 119 Å². The van der Waals surface area contributed by atoms with Crippen LogP contribution in [0.15, 0.2) is 39.5 Å². The highest BCUT2D eigenvalue weighted by molar-refractivity contribution is 5.91. The van der Waals surface area contributed by atoms with Crippen molar-refractivity contribution < 1.29 is 13.9 Å². The van der Waals surface area contributed by atoms with Crippen molar-refractivity contribution in [2.24, 2.45) is 0 Å². The van der Waals surface area contributed by atoms with Gasteiger partial charge in [-0.2, -0.15) is 5.26 Å². The minimum Gasteiger partial charge on any atom is -0.493 e. The Kier molecular flexibility index (Phi) is 2.99. The van der Waals surface area contributed by atoms with Gasteiger partial charge in [-0.3, -0.25) is 4.79 Å². The average Bonchev–Trinajstić information content (AvgIpc) is 2.53. The first-order valence-corrected chi connectivity index (χ1v) is 6.20. The van der Waals surface area contributed by atoms with Gasteiger partial charge in [-0.1, -0.05) is 0 Å². The molecule has 0 saturated carbocycles. The zero-order valence-electron chi connectivity index (χ0n) is 11.5. The van der Waals surface area contributed by atoms with Gasteiger partial charge in [0.15, 0.2) is 11.5 Å². The van der Waals surface area contributed by atoms with Crippen LogP contribution in [0.3, 0.4) is 0 Å². The fourth-order valence-corrected chi connectivity index (χ4v) is 2.25. The molecule has 21 heavy (non-hydrogen) atoms. The van der Waals surface area contributed by atoms with Crippen LogP contribution in [0.2, 0.25) is 0 Å². The maximum absolute atomic E-state index is 12.6. The SMILES string of the molecule is COc1cc2oc3ccc(C#N)cc3c(=O)c2cc1OC. The highest BCUT2D eigenvalue weighted by Gasteiger charge is 2.13. The largest absolute Gasteiger partial charge is 0.493 e. The Morgan fingerprint density at radius 1 is 1.00 bits per heavy atom. The lowest BCUT2D eigenvalue weighted by Crippen LogP contribution is -2.03. The summed E-state index contributed by atoms with van der Waals surface area (Å²) in [4.78, 5) is 12.6. The number of ether oxygens (including phenoxy) is 2. The second-order valence-electron chi connectivity index (χ2n) is 4.46. The molecule has 0 aliphatic heterocycles. The maximum Gasteiger partial charge on any atom is 0.200 e. The molecule has 2 aromatic carbocycles. The van der Waals surface area contributed by atoms with E-state index >= 15 is 0 Å². The molecule has 0 atom stereocenters. The van der Waals surface area contributed by atoms with Crippen molar-refractivity contribution in [1.29, 1.82) is 5.26 Å². The van der Waals surface area contributed by atoms with Crippen molar-refractivity contribution in [2.75, 3.05) is 14.2 Å². The summed E-state index contributed by atoms with van der Waals surface area (Å²) in [5, 5.41) is 9.69. The van der Waals surface area contributed by atoms with Crippen molar-refractivity contribution in [3.63, 3.8) is 0 Å². The lowest BCUT2D eigenvalue weighted by Gasteiger charge is -2.09. The zero-order valence-corrected chi connectivity index (χ0v) is 11.5. The standard InChI is InChI=1S/C16H11NO4/c1-19-14-6-11-13(7-15(14)20-2)21-12-4-3-9(8-17)5-10(12)16(11)18/h3-7H,1-2H3. The Hall–Kier alpha value is -3.00. The predicted molar refractivity (Wildman–Crippen MR) is 77.8 cm³/mol. The van der Waals surface area contributed by atoms with Crippen molar-refractivity contribution in [3.8, 4) is 17.6 Å². The van der Waals surface area contributed by atoms with Gasteiger partial charge in [0, 0.05) is 6.07 Å². The summed E-state index contributed by atoms with van der Waals surface area (Å²) in [7, 11) is 3.02. The van der Waals surface area contributed by atoms with Gasteiger partial charge >= 0.3 is 0 Å². The second-order valence-corrected chi connectivity index (χ2v) is 4.46. The second kappa shape index (κ2) is 4.84. The van der Waals surface area contributed by atoms with Gasteiger partial charge in [0.05, 0.1) is 36.6 Å². The summed E-state index contributed by atoms with van der Waals surface area (Å²) >= 11 is 0. The molecular weight excluding hydrogens is 270 g/mol. The molecule has 0 saturated heterocycles. The third-order valence-corrected chi connectivity index (χ3v) is 3.30. The van der Waals surface area contributed by atoms with Crippen LogP contribution in [0, 0.1) is 11.3 Å². The number of rotatable bonds is 2. The van der Waals surface area contributed by atoms with Gasteiger partial charge in [-0.05, 0) is 24.3 Å². The van der Waals surface area contributed by atoms with Crippen LogP contribution in [-0.4, -0.2) is 14.2 Å². The third-order valence-electron chi connectivity index (χ3n) is 3.30. The summed E-state index contributed by atoms with van der Waals surface area (Å²) in [6.07, 6.45) is 0. The van der Waals surface area contributed by atoms with E-state index in [2.05, 4.69) is 0 Å². The van der Waals surface area contributed by atoms with E-state index in [-0.39, 0.29) is 5.43 Å². The Morgan fingerprint density at radius 2 is 1.67 bits per heavy atom. The molecule has 5 nitrogen and oxygen atoms in total. The molecule has 0 unspecified atom stereocenters. The van der Waals surface area contributed by atoms with Crippen molar-refractivity contribution >= 4 is 21.9 Å². The van der Waals surface area contributed by atoms with Gasteiger partial charge in [-0.15, -0.1) is 0 Å². The summed E-state index contributed by atoms with van der Waals surface area (Å²) < 4.78 is 16.1. The average molecular weight is 281 g/mol. The smallest absolute Gasteiger partial charge is 0.200 e. The van der Waals surface area contributed by atoms with E-state index in [1.165, 1.54) is 20.3 Å². The van der Waals surface area contributed by atoms with Gasteiger partial charge < -0.3 is 13.9 Å². The predicted octanol–water partition coefficient (Wildman–Crippen LogP) is 2.84. The third kappa shape index (κ3) is 1.98. The van der Waals surface area contributed by atoms with E-state index in [1.54, 1.807) is 24.3 Å². The van der Waals surface area contributed by atoms with Crippen molar-refractivity contribution in [3.05, 3.63) is 46.1 Å². The molecule has 0 amide bonds. The first-order valence-electron chi connectivity index (χ1n) is 6.20. The van der Waals surface area contributed by atoms with Crippen LogP contribution in [-0.2, 0) is 0 Å². The van der Waals surface area contributed by atoms with Crippen molar-refractivity contribution in [2.45, 2.75) is 0 Å². The fourth-order valence-electron chi connectivity index (χ4n) is 2.25. The van der Waals surface area contributed by atoms with Crippen LogP contribution < -0.4 is 14.9 Å². The topological polar surface area (TPSA) is 72.5 Å². The summed E-state index contributed by atoms with van der Waals surface area (Å²) in [5.41, 5.74) is 1.05. The Morgan fingerprint density at radius 3 is 2.33 bits per heavy atom. The molecule has 5 heteroatoms. The first-order chi connectivity index (χ1) is 10.2. The minimum absolute atomic E-state index is 0.204. The van der Waals surface area contributed by atoms with E-state index in [0.29, 0.717) is 39.0 Å². The molecule has 1 aromatic heterocycles. The molecule has 0 aliphatic rings. The molecular formula is C16H11NO4. The Bertz CT molecular complexity index is 950. The molecule has 0 bridgehead atoms. The van der Waals surface area contributed by atoms with Crippen LogP contribution in [0.25, 0.3) is 21.9 Å². The monoisotopic (exact) mass is 281 g/mol. The number of hydrogen-bond donors (Lipinski definition) is 0. The minimum atomic E-state index is -0.204. The molecule has 0 N–H and O–H groups in total. The summed E-state index contributed by atoms with van der Waals surface area (Å²) in [6, 6.07) is 9.96. The highest BCUT2D eigenvalue weighted by Crippen LogP contribution is 2.32. The van der Waals surface area contributed by atoms with Gasteiger partial charge in [0.2, 0.25) is 5.43 Å². The van der Waals surface area contributed by atoms with Crippen LogP contribution in [0.4, 0.5) is 0 Å². The molecule has 0 fully saturated rings. The number of hydrogen-bond acceptors (Lipinski definition) is 5. The van der Waals surface area contributed by atoms with Gasteiger partial charge in [0.25, 0.3) is 0 Å². The van der Waals surface area contributed by atoms with Crippen LogP contribution in [0.5, 0.6) is 11.5 Å². The maximum atomic E-state index is 12.6. The quantitative estimate of drug-likeness (QED) is 0.675. The van der Waals surface area contributed by atoms with E-state index in [1.807, 2.05) is 6.07 Å². The molecule has 1 heterocycles. The number of fused-ring (bicyclic) bond motifs is 2. The normalized spacial score (nSPS) is 10.5. The van der Waals surface area contributed by atoms with E-state index in [0.717, 1.165) is 0 Å². The molecule has 104 valence electrons. The van der Waals surface area contributed by atoms with E-state index in [4.69, 9.17) is 19.2 Å². The van der Waals surface area contributed by atoms with Gasteiger partial charge in [-0.25, -0.2) is 0 Å². The molecule has 3 aromatic rings. The number of nitrogens with zero attached hydrogens (tertiary/aromatic N) is 1. The fraction of sp³-hybridized carbons (Fsp3) is 0.125.